The molecule has 0 atom stereocenters. The third-order valence-corrected chi connectivity index (χ3v) is 2.15. The summed E-state index contributed by atoms with van der Waals surface area (Å²) in [6.07, 6.45) is -0.578. The second-order valence-corrected chi connectivity index (χ2v) is 3.45. The summed E-state index contributed by atoms with van der Waals surface area (Å²) in [7, 11) is 1.12. The van der Waals surface area contributed by atoms with Crippen molar-refractivity contribution in [3.8, 4) is 0 Å². The van der Waals surface area contributed by atoms with Crippen LogP contribution >= 0.6 is 0 Å². The smallest absolute Gasteiger partial charge is 0.317 e. The van der Waals surface area contributed by atoms with E-state index < -0.39 is 41.4 Å². The van der Waals surface area contributed by atoms with Crippen LogP contribution in [0.5, 0.6) is 0 Å². The standard InChI is InChI=1S/C11H10FNO6/c1-18-10(14)5-11(15)19-6-7-2-3-8(13(16)17)4-9(7)12/h2-4H,5-6H2,1H3. The van der Waals surface area contributed by atoms with E-state index in [1.165, 1.54) is 0 Å². The maximum Gasteiger partial charge on any atom is 0.317 e. The minimum absolute atomic E-state index is 0.0242. The highest BCUT2D eigenvalue weighted by molar-refractivity contribution is 5.91. The van der Waals surface area contributed by atoms with E-state index in [1.807, 2.05) is 0 Å². The van der Waals surface area contributed by atoms with Gasteiger partial charge in [-0.25, -0.2) is 4.39 Å². The van der Waals surface area contributed by atoms with Crippen molar-refractivity contribution in [1.29, 1.82) is 0 Å². The van der Waals surface area contributed by atoms with E-state index in [0.717, 1.165) is 25.3 Å². The van der Waals surface area contributed by atoms with Crippen LogP contribution in [0.1, 0.15) is 12.0 Å². The molecule has 0 saturated heterocycles. The number of nitro groups is 1. The van der Waals surface area contributed by atoms with Gasteiger partial charge in [-0.15, -0.1) is 0 Å². The summed E-state index contributed by atoms with van der Waals surface area (Å²) in [6.45, 7) is -0.417. The number of methoxy groups -OCH3 is 1. The largest absolute Gasteiger partial charge is 0.469 e. The third kappa shape index (κ3) is 4.34. The Labute approximate surface area is 107 Å². The Bertz CT molecular complexity index is 516. The predicted molar refractivity (Wildman–Crippen MR) is 59.5 cm³/mol. The number of halogens is 1. The average Bonchev–Trinajstić information content (AvgIpc) is 2.36. The Hall–Kier alpha value is -2.51. The fourth-order valence-corrected chi connectivity index (χ4v) is 1.17. The van der Waals surface area contributed by atoms with Crippen molar-refractivity contribution >= 4 is 17.6 Å². The zero-order valence-electron chi connectivity index (χ0n) is 9.92. The van der Waals surface area contributed by atoms with Crippen LogP contribution in [-0.4, -0.2) is 24.0 Å². The van der Waals surface area contributed by atoms with Gasteiger partial charge < -0.3 is 9.47 Å². The van der Waals surface area contributed by atoms with Crippen molar-refractivity contribution < 1.29 is 28.4 Å². The fourth-order valence-electron chi connectivity index (χ4n) is 1.17. The molecule has 0 unspecified atom stereocenters. The predicted octanol–water partition coefficient (Wildman–Crippen LogP) is 1.34. The molecule has 1 rings (SSSR count). The molecule has 0 N–H and O–H groups in total. The Morgan fingerprint density at radius 1 is 1.37 bits per heavy atom. The van der Waals surface area contributed by atoms with Crippen LogP contribution in [0.15, 0.2) is 18.2 Å². The van der Waals surface area contributed by atoms with Gasteiger partial charge in [-0.1, -0.05) is 0 Å². The second kappa shape index (κ2) is 6.43. The number of ether oxygens (including phenoxy) is 2. The van der Waals surface area contributed by atoms with Crippen LogP contribution in [0.4, 0.5) is 10.1 Å². The van der Waals surface area contributed by atoms with Gasteiger partial charge in [-0.3, -0.25) is 19.7 Å². The zero-order valence-corrected chi connectivity index (χ0v) is 9.92. The molecule has 0 aliphatic carbocycles. The number of nitro benzene ring substituents is 1. The Kier molecular flexibility index (Phi) is 4.92. The summed E-state index contributed by atoms with van der Waals surface area (Å²) in [4.78, 5) is 31.5. The number of carbonyl (C=O) groups is 2. The highest BCUT2D eigenvalue weighted by Crippen LogP contribution is 2.17. The fraction of sp³-hybridized carbons (Fsp3) is 0.273. The van der Waals surface area contributed by atoms with Gasteiger partial charge in [0.1, 0.15) is 18.8 Å². The number of non-ortho nitro benzene ring substituents is 1. The number of esters is 2. The molecule has 0 radical (unpaired) electrons. The Morgan fingerprint density at radius 2 is 2.05 bits per heavy atom. The first-order chi connectivity index (χ1) is 8.93. The summed E-state index contributed by atoms with van der Waals surface area (Å²) in [5.41, 5.74) is -0.425. The molecule has 7 nitrogen and oxygen atoms in total. The van der Waals surface area contributed by atoms with Crippen molar-refractivity contribution in [2.24, 2.45) is 0 Å². The van der Waals surface area contributed by atoms with Gasteiger partial charge >= 0.3 is 11.9 Å². The van der Waals surface area contributed by atoms with Gasteiger partial charge in [0, 0.05) is 11.6 Å². The maximum atomic E-state index is 13.4. The normalized spacial score (nSPS) is 9.79. The molecule has 0 fully saturated rings. The van der Waals surface area contributed by atoms with E-state index in [1.54, 1.807) is 0 Å². The molecular formula is C11H10FNO6. The van der Waals surface area contributed by atoms with E-state index in [2.05, 4.69) is 9.47 Å². The minimum Gasteiger partial charge on any atom is -0.469 e. The maximum absolute atomic E-state index is 13.4. The van der Waals surface area contributed by atoms with E-state index in [0.29, 0.717) is 0 Å². The lowest BCUT2D eigenvalue weighted by Crippen LogP contribution is -2.12. The molecular weight excluding hydrogens is 261 g/mol. The van der Waals surface area contributed by atoms with Crippen molar-refractivity contribution in [3.05, 3.63) is 39.7 Å². The van der Waals surface area contributed by atoms with Crippen LogP contribution in [-0.2, 0) is 25.7 Å². The third-order valence-electron chi connectivity index (χ3n) is 2.15. The van der Waals surface area contributed by atoms with E-state index in [4.69, 9.17) is 0 Å². The summed E-state index contributed by atoms with van der Waals surface area (Å²) in [6, 6.07) is 2.95. The molecule has 0 aliphatic heterocycles. The quantitative estimate of drug-likeness (QED) is 0.347. The molecule has 8 heteroatoms. The van der Waals surface area contributed by atoms with Crippen LogP contribution in [0.3, 0.4) is 0 Å². The topological polar surface area (TPSA) is 95.7 Å². The lowest BCUT2D eigenvalue weighted by Gasteiger charge is -2.05. The van der Waals surface area contributed by atoms with Gasteiger partial charge in [0.05, 0.1) is 18.1 Å². The molecule has 0 amide bonds. The summed E-state index contributed by atoms with van der Waals surface area (Å²) < 4.78 is 22.3. The van der Waals surface area contributed by atoms with E-state index in [-0.39, 0.29) is 5.56 Å². The Morgan fingerprint density at radius 3 is 2.58 bits per heavy atom. The summed E-state index contributed by atoms with van der Waals surface area (Å²) >= 11 is 0. The first-order valence-corrected chi connectivity index (χ1v) is 5.09. The lowest BCUT2D eigenvalue weighted by atomic mass is 10.2. The molecule has 0 spiro atoms. The summed E-state index contributed by atoms with van der Waals surface area (Å²) in [5.74, 6) is -2.50. The molecule has 0 saturated carbocycles. The number of carbonyl (C=O) groups excluding carboxylic acids is 2. The molecule has 0 aliphatic rings. The number of rotatable bonds is 5. The van der Waals surface area contributed by atoms with E-state index in [9.17, 15) is 24.1 Å². The highest BCUT2D eigenvalue weighted by Gasteiger charge is 2.14. The molecule has 1 aromatic carbocycles. The zero-order chi connectivity index (χ0) is 14.4. The molecule has 19 heavy (non-hydrogen) atoms. The van der Waals surface area contributed by atoms with E-state index >= 15 is 0 Å². The van der Waals surface area contributed by atoms with Gasteiger partial charge in [-0.2, -0.15) is 0 Å². The van der Waals surface area contributed by atoms with Crippen LogP contribution in [0.2, 0.25) is 0 Å². The number of hydrogen-bond donors (Lipinski definition) is 0. The SMILES string of the molecule is COC(=O)CC(=O)OCc1ccc([N+](=O)[O-])cc1F. The molecule has 0 aromatic heterocycles. The van der Waals surface area contributed by atoms with Gasteiger partial charge in [0.15, 0.2) is 0 Å². The molecule has 0 heterocycles. The van der Waals surface area contributed by atoms with Crippen molar-refractivity contribution in [2.45, 2.75) is 13.0 Å². The average molecular weight is 271 g/mol. The Balaban J connectivity index is 2.61. The van der Waals surface area contributed by atoms with Crippen LogP contribution < -0.4 is 0 Å². The van der Waals surface area contributed by atoms with Gasteiger partial charge in [0.25, 0.3) is 5.69 Å². The van der Waals surface area contributed by atoms with Crippen molar-refractivity contribution in [3.63, 3.8) is 0 Å². The van der Waals surface area contributed by atoms with Crippen LogP contribution in [0, 0.1) is 15.9 Å². The lowest BCUT2D eigenvalue weighted by molar-refractivity contribution is -0.385. The number of hydrogen-bond acceptors (Lipinski definition) is 6. The number of benzene rings is 1. The van der Waals surface area contributed by atoms with Crippen molar-refractivity contribution in [2.75, 3.05) is 7.11 Å². The van der Waals surface area contributed by atoms with Crippen molar-refractivity contribution in [1.82, 2.24) is 0 Å². The van der Waals surface area contributed by atoms with Gasteiger partial charge in [-0.05, 0) is 6.07 Å². The summed E-state index contributed by atoms with van der Waals surface area (Å²) in [5, 5.41) is 10.4. The van der Waals surface area contributed by atoms with Gasteiger partial charge in [0.2, 0.25) is 0 Å². The molecule has 102 valence electrons. The molecule has 1 aromatic rings. The first-order valence-electron chi connectivity index (χ1n) is 5.09. The minimum atomic E-state index is -0.871. The van der Waals surface area contributed by atoms with Crippen LogP contribution in [0.25, 0.3) is 0 Å². The second-order valence-electron chi connectivity index (χ2n) is 3.45. The molecule has 0 bridgehead atoms. The monoisotopic (exact) mass is 271 g/mol. The highest BCUT2D eigenvalue weighted by atomic mass is 19.1. The number of nitrogens with zero attached hydrogens (tertiary/aromatic N) is 1. The first kappa shape index (κ1) is 14.6.